The van der Waals surface area contributed by atoms with Crippen molar-refractivity contribution in [2.75, 3.05) is 0 Å². The number of pyridine rings is 1. The smallest absolute Gasteiger partial charge is 0.337 e. The number of aromatic nitrogens is 1. The number of carboxylic acid groups (broad SMARTS) is 1. The van der Waals surface area contributed by atoms with Crippen molar-refractivity contribution < 1.29 is 9.90 Å². The van der Waals surface area contributed by atoms with Crippen LogP contribution in [0.25, 0.3) is 0 Å². The van der Waals surface area contributed by atoms with E-state index in [0.29, 0.717) is 10.8 Å². The third-order valence-corrected chi connectivity index (χ3v) is 6.40. The summed E-state index contributed by atoms with van der Waals surface area (Å²) in [5, 5.41) is 8.34. The zero-order chi connectivity index (χ0) is 20.7. The normalized spacial score (nSPS) is 18.6. The van der Waals surface area contributed by atoms with E-state index in [-0.39, 0.29) is 11.0 Å². The SMILES string of the molecule is CC(C)(C)c1cc2c(c(C3(C)CC3)c1)CCC2(C)C.O=C(O)c1cccnc1. The Bertz CT molecular complexity index is 871. The van der Waals surface area contributed by atoms with Gasteiger partial charge in [0.25, 0.3) is 0 Å². The first kappa shape index (κ1) is 20.6. The van der Waals surface area contributed by atoms with E-state index in [1.165, 1.54) is 49.7 Å². The number of hydrogen-bond acceptors (Lipinski definition) is 2. The molecule has 4 rings (SSSR count). The summed E-state index contributed by atoms with van der Waals surface area (Å²) in [7, 11) is 0. The van der Waals surface area contributed by atoms with Crippen LogP contribution in [0.3, 0.4) is 0 Å². The minimum atomic E-state index is -0.942. The second-order valence-electron chi connectivity index (χ2n) is 10.3. The van der Waals surface area contributed by atoms with Gasteiger partial charge in [-0.2, -0.15) is 0 Å². The molecule has 1 fully saturated rings. The minimum Gasteiger partial charge on any atom is -0.478 e. The molecule has 150 valence electrons. The van der Waals surface area contributed by atoms with Crippen LogP contribution in [0.5, 0.6) is 0 Å². The van der Waals surface area contributed by atoms with Gasteiger partial charge in [-0.15, -0.1) is 0 Å². The number of fused-ring (bicyclic) bond motifs is 1. The van der Waals surface area contributed by atoms with Gasteiger partial charge in [0.15, 0.2) is 0 Å². The van der Waals surface area contributed by atoms with Gasteiger partial charge in [-0.05, 0) is 76.3 Å². The fourth-order valence-corrected chi connectivity index (χ4v) is 4.03. The van der Waals surface area contributed by atoms with Crippen LogP contribution in [0.15, 0.2) is 36.7 Å². The van der Waals surface area contributed by atoms with Crippen LogP contribution in [0.4, 0.5) is 0 Å². The molecule has 0 aliphatic heterocycles. The monoisotopic (exact) mass is 379 g/mol. The standard InChI is InChI=1S/C19H28.C6H5NO2/c1-17(2,3)13-11-15-14(7-8-18(15,4)5)16(12-13)19(6)9-10-19;8-6(9)5-2-1-3-7-4-5/h11-12H,7-10H2,1-6H3;1-4H,(H,8,9). The van der Waals surface area contributed by atoms with E-state index in [1.807, 2.05) is 0 Å². The number of nitrogens with zero attached hydrogens (tertiary/aromatic N) is 1. The van der Waals surface area contributed by atoms with Crippen LogP contribution >= 0.6 is 0 Å². The highest BCUT2D eigenvalue weighted by atomic mass is 16.4. The predicted octanol–water partition coefficient (Wildman–Crippen LogP) is 6.04. The molecule has 0 radical (unpaired) electrons. The summed E-state index contributed by atoms with van der Waals surface area (Å²) in [6.07, 6.45) is 8.21. The Hall–Kier alpha value is -2.16. The summed E-state index contributed by atoms with van der Waals surface area (Å²) in [4.78, 5) is 13.8. The lowest BCUT2D eigenvalue weighted by Crippen LogP contribution is -2.18. The van der Waals surface area contributed by atoms with Gasteiger partial charge in [-0.1, -0.05) is 53.7 Å². The van der Waals surface area contributed by atoms with Crippen LogP contribution in [0.2, 0.25) is 0 Å². The number of aromatic carboxylic acids is 1. The van der Waals surface area contributed by atoms with Gasteiger partial charge in [0.1, 0.15) is 0 Å². The molecule has 2 aliphatic carbocycles. The van der Waals surface area contributed by atoms with Crippen molar-refractivity contribution in [1.82, 2.24) is 4.98 Å². The van der Waals surface area contributed by atoms with Crippen LogP contribution < -0.4 is 0 Å². The molecule has 1 aromatic carbocycles. The van der Waals surface area contributed by atoms with E-state index in [9.17, 15) is 4.79 Å². The van der Waals surface area contributed by atoms with Gasteiger partial charge >= 0.3 is 5.97 Å². The Morgan fingerprint density at radius 2 is 1.71 bits per heavy atom. The number of rotatable bonds is 2. The van der Waals surface area contributed by atoms with E-state index in [4.69, 9.17) is 5.11 Å². The summed E-state index contributed by atoms with van der Waals surface area (Å²) < 4.78 is 0. The molecule has 0 bridgehead atoms. The molecule has 1 heterocycles. The lowest BCUT2D eigenvalue weighted by Gasteiger charge is -2.27. The molecule has 0 spiro atoms. The van der Waals surface area contributed by atoms with Gasteiger partial charge < -0.3 is 5.11 Å². The van der Waals surface area contributed by atoms with Crippen LogP contribution in [-0.2, 0) is 22.7 Å². The predicted molar refractivity (Wildman–Crippen MR) is 114 cm³/mol. The summed E-state index contributed by atoms with van der Waals surface area (Å²) in [5.74, 6) is -0.942. The lowest BCUT2D eigenvalue weighted by atomic mass is 9.77. The second-order valence-corrected chi connectivity index (χ2v) is 10.3. The van der Waals surface area contributed by atoms with E-state index in [0.717, 1.165) is 0 Å². The summed E-state index contributed by atoms with van der Waals surface area (Å²) in [6, 6.07) is 8.13. The van der Waals surface area contributed by atoms with E-state index >= 15 is 0 Å². The number of carbonyl (C=O) groups is 1. The van der Waals surface area contributed by atoms with Crippen molar-refractivity contribution in [2.24, 2.45) is 0 Å². The third kappa shape index (κ3) is 4.14. The molecule has 0 amide bonds. The van der Waals surface area contributed by atoms with Crippen LogP contribution in [-0.4, -0.2) is 16.1 Å². The lowest BCUT2D eigenvalue weighted by molar-refractivity contribution is 0.0696. The van der Waals surface area contributed by atoms with E-state index in [2.05, 4.69) is 58.7 Å². The Balaban J connectivity index is 0.000000211. The molecule has 1 aromatic heterocycles. The highest BCUT2D eigenvalue weighted by molar-refractivity contribution is 5.86. The molecule has 3 nitrogen and oxygen atoms in total. The molecule has 1 saturated carbocycles. The Labute approximate surface area is 169 Å². The average Bonchev–Trinajstić information content (AvgIpc) is 3.30. The Morgan fingerprint density at radius 1 is 1.07 bits per heavy atom. The number of benzene rings is 1. The first-order chi connectivity index (χ1) is 12.9. The quantitative estimate of drug-likeness (QED) is 0.692. The van der Waals surface area contributed by atoms with E-state index < -0.39 is 5.97 Å². The fraction of sp³-hybridized carbons (Fsp3) is 0.520. The molecule has 0 atom stereocenters. The van der Waals surface area contributed by atoms with Crippen LogP contribution in [0.1, 0.15) is 93.4 Å². The molecule has 3 heteroatoms. The molecule has 0 saturated heterocycles. The number of carboxylic acids is 1. The van der Waals surface area contributed by atoms with E-state index in [1.54, 1.807) is 22.8 Å². The summed E-state index contributed by atoms with van der Waals surface area (Å²) in [6.45, 7) is 14.3. The molecule has 1 N–H and O–H groups in total. The highest BCUT2D eigenvalue weighted by Gasteiger charge is 2.44. The van der Waals surface area contributed by atoms with Crippen molar-refractivity contribution in [1.29, 1.82) is 0 Å². The first-order valence-corrected chi connectivity index (χ1v) is 10.3. The largest absolute Gasteiger partial charge is 0.478 e. The average molecular weight is 380 g/mol. The summed E-state index contributed by atoms with van der Waals surface area (Å²) in [5.41, 5.74) is 7.89. The molecule has 2 aliphatic rings. The zero-order valence-electron chi connectivity index (χ0n) is 18.1. The van der Waals surface area contributed by atoms with Crippen molar-refractivity contribution in [2.45, 2.75) is 83.5 Å². The Kier molecular flexibility index (Phi) is 5.16. The van der Waals surface area contributed by atoms with Crippen molar-refractivity contribution in [3.8, 4) is 0 Å². The van der Waals surface area contributed by atoms with Gasteiger partial charge in [0.2, 0.25) is 0 Å². The van der Waals surface area contributed by atoms with Gasteiger partial charge in [-0.25, -0.2) is 4.79 Å². The topological polar surface area (TPSA) is 50.2 Å². The molecule has 2 aromatic rings. The maximum absolute atomic E-state index is 10.2. The highest BCUT2D eigenvalue weighted by Crippen LogP contribution is 2.53. The van der Waals surface area contributed by atoms with Crippen molar-refractivity contribution >= 4 is 5.97 Å². The maximum atomic E-state index is 10.2. The molecular formula is C25H33NO2. The fourth-order valence-electron chi connectivity index (χ4n) is 4.03. The molecule has 28 heavy (non-hydrogen) atoms. The first-order valence-electron chi connectivity index (χ1n) is 10.3. The van der Waals surface area contributed by atoms with Crippen LogP contribution in [0, 0.1) is 0 Å². The van der Waals surface area contributed by atoms with Gasteiger partial charge in [0.05, 0.1) is 5.56 Å². The van der Waals surface area contributed by atoms with Crippen molar-refractivity contribution in [3.63, 3.8) is 0 Å². The summed E-state index contributed by atoms with van der Waals surface area (Å²) >= 11 is 0. The molecule has 0 unspecified atom stereocenters. The van der Waals surface area contributed by atoms with Crippen molar-refractivity contribution in [3.05, 3.63) is 64.5 Å². The Morgan fingerprint density at radius 3 is 2.18 bits per heavy atom. The number of hydrogen-bond donors (Lipinski definition) is 1. The maximum Gasteiger partial charge on any atom is 0.337 e. The van der Waals surface area contributed by atoms with Gasteiger partial charge in [-0.3, -0.25) is 4.98 Å². The van der Waals surface area contributed by atoms with Gasteiger partial charge in [0, 0.05) is 12.4 Å². The third-order valence-electron chi connectivity index (χ3n) is 6.40. The zero-order valence-corrected chi connectivity index (χ0v) is 18.1. The minimum absolute atomic E-state index is 0.220. The second kappa shape index (κ2) is 7.02. The molecular weight excluding hydrogens is 346 g/mol.